The molecule has 2 aromatic carbocycles. The van der Waals surface area contributed by atoms with Crippen molar-refractivity contribution >= 4 is 17.9 Å². The molecule has 2 atom stereocenters. The quantitative estimate of drug-likeness (QED) is 0.742. The lowest BCUT2D eigenvalue weighted by molar-refractivity contribution is -0.127. The van der Waals surface area contributed by atoms with Gasteiger partial charge < -0.3 is 14.7 Å². The van der Waals surface area contributed by atoms with Crippen LogP contribution >= 0.6 is 0 Å². The number of amides is 3. The Balaban J connectivity index is 1.33. The summed E-state index contributed by atoms with van der Waals surface area (Å²) in [5.41, 5.74) is 1.89. The summed E-state index contributed by atoms with van der Waals surface area (Å²) in [5, 5.41) is 2.41. The Morgan fingerprint density at radius 2 is 1.44 bits per heavy atom. The molecule has 3 heterocycles. The Bertz CT molecular complexity index is 1100. The number of carbonyl (C=O) groups excluding carboxylic acids is 2. The van der Waals surface area contributed by atoms with E-state index in [0.717, 1.165) is 30.8 Å². The summed E-state index contributed by atoms with van der Waals surface area (Å²) in [5.74, 6) is -0.292. The van der Waals surface area contributed by atoms with Crippen LogP contribution in [0.2, 0.25) is 0 Å². The zero-order valence-electron chi connectivity index (χ0n) is 18.8. The van der Waals surface area contributed by atoms with Gasteiger partial charge in [0.1, 0.15) is 11.6 Å². The van der Waals surface area contributed by atoms with Gasteiger partial charge in [0.15, 0.2) is 18.2 Å². The number of fused-ring (bicyclic) bond motifs is 1. The number of nitrogens with zero attached hydrogens (tertiary/aromatic N) is 5. The molecule has 0 radical (unpaired) electrons. The van der Waals surface area contributed by atoms with Crippen LogP contribution in [0.3, 0.4) is 0 Å². The van der Waals surface area contributed by atoms with Crippen LogP contribution < -0.4 is 5.32 Å². The van der Waals surface area contributed by atoms with Gasteiger partial charge in [-0.05, 0) is 35.4 Å². The lowest BCUT2D eigenvalue weighted by Crippen LogP contribution is -2.64. The van der Waals surface area contributed by atoms with E-state index in [1.807, 2.05) is 4.90 Å². The number of carbonyl (C=O) groups is 2. The molecule has 1 N–H and O–H groups in total. The molecule has 0 aromatic heterocycles. The van der Waals surface area contributed by atoms with Gasteiger partial charge in [-0.1, -0.05) is 24.3 Å². The van der Waals surface area contributed by atoms with E-state index in [9.17, 15) is 18.4 Å². The lowest BCUT2D eigenvalue weighted by atomic mass is 10.1. The van der Waals surface area contributed by atoms with Crippen LogP contribution in [0.4, 0.5) is 13.6 Å². The Morgan fingerprint density at radius 1 is 0.882 bits per heavy atom. The topological polar surface area (TPSA) is 71.5 Å². The Morgan fingerprint density at radius 3 is 2.03 bits per heavy atom. The van der Waals surface area contributed by atoms with Gasteiger partial charge in [-0.3, -0.25) is 15.0 Å². The van der Waals surface area contributed by atoms with E-state index in [2.05, 4.69) is 15.1 Å². The molecule has 3 amide bonds. The first kappa shape index (κ1) is 22.3. The Kier molecular flexibility index (Phi) is 5.91. The van der Waals surface area contributed by atoms with Gasteiger partial charge in [-0.2, -0.15) is 0 Å². The van der Waals surface area contributed by atoms with Gasteiger partial charge in [0.25, 0.3) is 5.91 Å². The van der Waals surface area contributed by atoms with Crippen molar-refractivity contribution in [2.75, 3.05) is 33.2 Å². The molecule has 3 aliphatic heterocycles. The average Bonchev–Trinajstić information content (AvgIpc) is 3.21. The van der Waals surface area contributed by atoms with Gasteiger partial charge >= 0.3 is 6.03 Å². The van der Waals surface area contributed by atoms with E-state index in [1.54, 1.807) is 31.3 Å². The molecule has 34 heavy (non-hydrogen) atoms. The molecule has 2 saturated heterocycles. The van der Waals surface area contributed by atoms with Crippen molar-refractivity contribution in [2.45, 2.75) is 25.3 Å². The monoisotopic (exact) mass is 468 g/mol. The normalized spacial score (nSPS) is 23.1. The first-order valence-electron chi connectivity index (χ1n) is 11.3. The number of halogens is 2. The number of nitrogens with one attached hydrogen (secondary N) is 1. The second kappa shape index (κ2) is 9.02. The van der Waals surface area contributed by atoms with E-state index in [4.69, 9.17) is 4.99 Å². The Labute approximate surface area is 196 Å². The van der Waals surface area contributed by atoms with Crippen LogP contribution in [-0.4, -0.2) is 82.9 Å². The summed E-state index contributed by atoms with van der Waals surface area (Å²) in [6, 6.07) is 11.6. The average molecular weight is 469 g/mol. The Hall–Kier alpha value is -3.53. The number of piperazine rings is 1. The maximum absolute atomic E-state index is 13.4. The van der Waals surface area contributed by atoms with Crippen LogP contribution in [0.5, 0.6) is 0 Å². The molecule has 2 fully saturated rings. The highest BCUT2D eigenvalue weighted by molar-refractivity contribution is 6.03. The van der Waals surface area contributed by atoms with Crippen LogP contribution in [0, 0.1) is 11.6 Å². The summed E-state index contributed by atoms with van der Waals surface area (Å²) in [6.45, 7) is 4.03. The van der Waals surface area contributed by atoms with Gasteiger partial charge in [0, 0.05) is 46.3 Å². The van der Waals surface area contributed by atoms with Gasteiger partial charge in [0.05, 0.1) is 0 Å². The standard InChI is InChI=1S/C24H26F2N6O2/c1-29-21-20(22(33)28-24(29)34)32(15-17-4-8-19(26)9-5-17)23(27-21)31-12-10-30(11-13-31)14-16-2-6-18(25)7-3-16/h2-9,20-21H,10-15H2,1H3,(H,28,33,34). The molecule has 8 nitrogen and oxygen atoms in total. The molecular weight excluding hydrogens is 442 g/mol. The number of likely N-dealkylation sites (N-methyl/N-ethyl adjacent to an activating group) is 1. The number of guanidine groups is 1. The molecular formula is C24H26F2N6O2. The van der Waals surface area contributed by atoms with Crippen molar-refractivity contribution in [3.05, 3.63) is 71.3 Å². The highest BCUT2D eigenvalue weighted by Crippen LogP contribution is 2.28. The maximum atomic E-state index is 13.4. The number of aliphatic imine (C=N–C) groups is 1. The van der Waals surface area contributed by atoms with Crippen molar-refractivity contribution < 1.29 is 18.4 Å². The third kappa shape index (κ3) is 4.33. The number of imide groups is 1. The van der Waals surface area contributed by atoms with Crippen LogP contribution in [0.1, 0.15) is 11.1 Å². The zero-order valence-corrected chi connectivity index (χ0v) is 18.8. The summed E-state index contributed by atoms with van der Waals surface area (Å²) >= 11 is 0. The van der Waals surface area contributed by atoms with Crippen molar-refractivity contribution in [1.82, 2.24) is 24.9 Å². The fraction of sp³-hybridized carbons (Fsp3) is 0.375. The molecule has 0 bridgehead atoms. The molecule has 0 spiro atoms. The van der Waals surface area contributed by atoms with E-state index < -0.39 is 18.2 Å². The minimum atomic E-state index is -0.653. The largest absolute Gasteiger partial charge is 0.340 e. The van der Waals surface area contributed by atoms with Crippen molar-refractivity contribution in [3.8, 4) is 0 Å². The third-order valence-corrected chi connectivity index (χ3v) is 6.58. The predicted octanol–water partition coefficient (Wildman–Crippen LogP) is 1.83. The minimum Gasteiger partial charge on any atom is -0.340 e. The van der Waals surface area contributed by atoms with Gasteiger partial charge in [-0.15, -0.1) is 0 Å². The second-order valence-corrected chi connectivity index (χ2v) is 8.84. The van der Waals surface area contributed by atoms with E-state index in [0.29, 0.717) is 25.6 Å². The molecule has 5 rings (SSSR count). The van der Waals surface area contributed by atoms with E-state index >= 15 is 0 Å². The molecule has 3 aliphatic rings. The zero-order chi connectivity index (χ0) is 23.8. The highest BCUT2D eigenvalue weighted by atomic mass is 19.1. The van der Waals surface area contributed by atoms with Crippen LogP contribution in [0.25, 0.3) is 0 Å². The maximum Gasteiger partial charge on any atom is 0.325 e. The first-order valence-corrected chi connectivity index (χ1v) is 11.3. The summed E-state index contributed by atoms with van der Waals surface area (Å²) in [6.07, 6.45) is -0.617. The number of rotatable bonds is 4. The number of hydrogen-bond acceptors (Lipinski definition) is 6. The fourth-order valence-corrected chi connectivity index (χ4v) is 4.68. The van der Waals surface area contributed by atoms with Crippen LogP contribution in [-0.2, 0) is 17.9 Å². The third-order valence-electron chi connectivity index (χ3n) is 6.58. The van der Waals surface area contributed by atoms with E-state index in [1.165, 1.54) is 29.2 Å². The van der Waals surface area contributed by atoms with Gasteiger partial charge in [-0.25, -0.2) is 18.6 Å². The number of urea groups is 1. The number of benzene rings is 2. The summed E-state index contributed by atoms with van der Waals surface area (Å²) < 4.78 is 26.6. The molecule has 0 saturated carbocycles. The molecule has 0 aliphatic carbocycles. The van der Waals surface area contributed by atoms with Crippen molar-refractivity contribution in [3.63, 3.8) is 0 Å². The predicted molar refractivity (Wildman–Crippen MR) is 122 cm³/mol. The molecule has 178 valence electrons. The molecule has 2 aromatic rings. The fourth-order valence-electron chi connectivity index (χ4n) is 4.68. The van der Waals surface area contributed by atoms with Gasteiger partial charge in [0.2, 0.25) is 0 Å². The lowest BCUT2D eigenvalue weighted by Gasteiger charge is -2.40. The molecule has 10 heteroatoms. The second-order valence-electron chi connectivity index (χ2n) is 8.84. The number of hydrogen-bond donors (Lipinski definition) is 1. The minimum absolute atomic E-state index is 0.247. The molecule has 2 unspecified atom stereocenters. The van der Waals surface area contributed by atoms with Crippen molar-refractivity contribution in [2.24, 2.45) is 4.99 Å². The SMILES string of the molecule is CN1C(=O)NC(=O)C2C1N=C(N1CCN(Cc3ccc(F)cc3)CC1)N2Cc1ccc(F)cc1. The smallest absolute Gasteiger partial charge is 0.325 e. The van der Waals surface area contributed by atoms with Crippen molar-refractivity contribution in [1.29, 1.82) is 0 Å². The highest BCUT2D eigenvalue weighted by Gasteiger charge is 2.49. The summed E-state index contributed by atoms with van der Waals surface area (Å²) in [7, 11) is 1.63. The first-order chi connectivity index (χ1) is 16.4. The summed E-state index contributed by atoms with van der Waals surface area (Å²) in [4.78, 5) is 37.6. The van der Waals surface area contributed by atoms with E-state index in [-0.39, 0.29) is 17.5 Å². The van der Waals surface area contributed by atoms with Crippen LogP contribution in [0.15, 0.2) is 53.5 Å².